The summed E-state index contributed by atoms with van der Waals surface area (Å²) in [5, 5.41) is 17.8. The Bertz CT molecular complexity index is 1440. The van der Waals surface area contributed by atoms with Gasteiger partial charge in [-0.1, -0.05) is 17.7 Å². The highest BCUT2D eigenvalue weighted by Crippen LogP contribution is 2.24. The van der Waals surface area contributed by atoms with Gasteiger partial charge in [0.05, 0.1) is 26.3 Å². The average molecular weight is 429 g/mol. The predicted molar refractivity (Wildman–Crippen MR) is 116 cm³/mol. The normalized spacial score (nSPS) is 11.2. The fraction of sp³-hybridized carbons (Fsp3) is 0.182. The van der Waals surface area contributed by atoms with E-state index in [9.17, 15) is 4.79 Å². The number of hydrogen-bond acceptors (Lipinski definition) is 8. The van der Waals surface area contributed by atoms with E-state index in [1.165, 1.54) is 7.11 Å². The van der Waals surface area contributed by atoms with E-state index in [1.54, 1.807) is 16.3 Å². The molecule has 10 heteroatoms. The molecule has 160 valence electrons. The van der Waals surface area contributed by atoms with E-state index < -0.39 is 5.97 Å². The summed E-state index contributed by atoms with van der Waals surface area (Å²) in [4.78, 5) is 16.5. The number of methoxy groups -OCH3 is 2. The molecule has 0 unspecified atom stereocenters. The molecule has 3 aromatic heterocycles. The van der Waals surface area contributed by atoms with Gasteiger partial charge in [0, 0.05) is 5.56 Å². The summed E-state index contributed by atoms with van der Waals surface area (Å²) in [6, 6.07) is 15.3. The van der Waals surface area contributed by atoms with E-state index in [4.69, 9.17) is 9.47 Å². The van der Waals surface area contributed by atoms with Crippen molar-refractivity contribution in [2.75, 3.05) is 14.2 Å². The summed E-state index contributed by atoms with van der Waals surface area (Å²) < 4.78 is 13.3. The Hall–Kier alpha value is -4.34. The van der Waals surface area contributed by atoms with Crippen LogP contribution in [0.5, 0.6) is 5.75 Å². The van der Waals surface area contributed by atoms with Crippen molar-refractivity contribution < 1.29 is 14.3 Å². The Labute approximate surface area is 182 Å². The smallest absolute Gasteiger partial charge is 0.311 e. The van der Waals surface area contributed by atoms with Crippen LogP contribution < -0.4 is 4.74 Å². The summed E-state index contributed by atoms with van der Waals surface area (Å²) in [6.45, 7) is 2.01. The van der Waals surface area contributed by atoms with Crippen LogP contribution in [0.2, 0.25) is 0 Å². The zero-order chi connectivity index (χ0) is 22.2. The molecule has 0 bridgehead atoms. The van der Waals surface area contributed by atoms with Gasteiger partial charge in [-0.3, -0.25) is 4.79 Å². The molecule has 10 nitrogen and oxygen atoms in total. The van der Waals surface area contributed by atoms with Crippen LogP contribution >= 0.6 is 0 Å². The third-order valence-corrected chi connectivity index (χ3v) is 5.10. The number of benzene rings is 2. The summed E-state index contributed by atoms with van der Waals surface area (Å²) in [6.07, 6.45) is -0.0356. The summed E-state index contributed by atoms with van der Waals surface area (Å²) >= 11 is 0. The Morgan fingerprint density at radius 1 is 0.969 bits per heavy atom. The van der Waals surface area contributed by atoms with Crippen LogP contribution in [0.4, 0.5) is 0 Å². The van der Waals surface area contributed by atoms with Crippen LogP contribution in [0.25, 0.3) is 34.0 Å². The van der Waals surface area contributed by atoms with Gasteiger partial charge in [-0.05, 0) is 43.3 Å². The maximum Gasteiger partial charge on any atom is 0.311 e. The minimum atomic E-state index is -0.417. The van der Waals surface area contributed by atoms with Crippen molar-refractivity contribution in [1.29, 1.82) is 0 Å². The molecule has 0 saturated carbocycles. The van der Waals surface area contributed by atoms with E-state index in [-0.39, 0.29) is 6.42 Å². The van der Waals surface area contributed by atoms with E-state index in [0.29, 0.717) is 28.5 Å². The van der Waals surface area contributed by atoms with Gasteiger partial charge in [0.25, 0.3) is 5.78 Å². The van der Waals surface area contributed by atoms with Gasteiger partial charge in [0.1, 0.15) is 11.4 Å². The Kier molecular flexibility index (Phi) is 4.74. The van der Waals surface area contributed by atoms with Gasteiger partial charge < -0.3 is 9.47 Å². The Balaban J connectivity index is 1.73. The molecule has 5 aromatic rings. The first kappa shape index (κ1) is 19.6. The molecule has 0 aliphatic heterocycles. The van der Waals surface area contributed by atoms with Crippen LogP contribution in [0.1, 0.15) is 11.3 Å². The number of hydrogen-bond donors (Lipinski definition) is 0. The van der Waals surface area contributed by atoms with Gasteiger partial charge in [-0.25, -0.2) is 4.68 Å². The third kappa shape index (κ3) is 3.31. The second kappa shape index (κ2) is 7.73. The largest absolute Gasteiger partial charge is 0.497 e. The van der Waals surface area contributed by atoms with Crippen LogP contribution in [0.15, 0.2) is 48.5 Å². The lowest BCUT2D eigenvalue weighted by atomic mass is 10.2. The number of carbonyl (C=O) groups is 1. The Morgan fingerprint density at radius 3 is 2.41 bits per heavy atom. The van der Waals surface area contributed by atoms with Crippen molar-refractivity contribution in [3.05, 3.63) is 59.8 Å². The van der Waals surface area contributed by atoms with Crippen molar-refractivity contribution >= 4 is 22.9 Å². The summed E-state index contributed by atoms with van der Waals surface area (Å²) in [5.74, 6) is 1.13. The van der Waals surface area contributed by atoms with Crippen molar-refractivity contribution in [3.8, 4) is 22.8 Å². The van der Waals surface area contributed by atoms with Crippen LogP contribution in [0.3, 0.4) is 0 Å². The second-order valence-corrected chi connectivity index (χ2v) is 7.19. The number of aryl methyl sites for hydroxylation is 1. The number of nitrogens with zero attached hydrogens (tertiary/aromatic N) is 7. The fourth-order valence-corrected chi connectivity index (χ4v) is 3.40. The van der Waals surface area contributed by atoms with Gasteiger partial charge in [-0.2, -0.15) is 14.6 Å². The van der Waals surface area contributed by atoms with E-state index in [0.717, 1.165) is 22.6 Å². The number of fused-ring (bicyclic) bond motifs is 3. The first-order valence-electron chi connectivity index (χ1n) is 9.86. The molecular formula is C22H19N7O3. The molecule has 5 rings (SSSR count). The molecule has 3 heterocycles. The maximum absolute atomic E-state index is 12.0. The molecule has 0 radical (unpaired) electrons. The minimum absolute atomic E-state index is 0.0356. The van der Waals surface area contributed by atoms with Crippen molar-refractivity contribution in [1.82, 2.24) is 34.6 Å². The molecule has 0 spiro atoms. The first-order chi connectivity index (χ1) is 15.6. The monoisotopic (exact) mass is 429 g/mol. The topological polar surface area (TPSA) is 109 Å². The zero-order valence-corrected chi connectivity index (χ0v) is 17.7. The lowest BCUT2D eigenvalue weighted by Gasteiger charge is -2.04. The summed E-state index contributed by atoms with van der Waals surface area (Å²) in [7, 11) is 2.95. The van der Waals surface area contributed by atoms with Gasteiger partial charge in [0.15, 0.2) is 17.0 Å². The summed E-state index contributed by atoms with van der Waals surface area (Å²) in [5.41, 5.74) is 4.18. The molecule has 0 aliphatic rings. The number of aromatic nitrogens is 7. The standard InChI is InChI=1S/C22H19N7O3/c1-13-4-8-15(9-5-13)28-21-19(17(26-28)12-18(30)32-3)24-25-22-23-20(27-29(21)22)14-6-10-16(31-2)11-7-14/h4-11H,12H2,1-3H3. The third-order valence-electron chi connectivity index (χ3n) is 5.10. The molecular weight excluding hydrogens is 410 g/mol. The van der Waals surface area contributed by atoms with Gasteiger partial charge in [-0.15, -0.1) is 15.3 Å². The van der Waals surface area contributed by atoms with Crippen molar-refractivity contribution in [2.24, 2.45) is 0 Å². The molecule has 0 aliphatic carbocycles. The fourth-order valence-electron chi connectivity index (χ4n) is 3.40. The quantitative estimate of drug-likeness (QED) is 0.392. The molecule has 0 amide bonds. The van der Waals surface area contributed by atoms with Crippen LogP contribution in [-0.2, 0) is 16.0 Å². The Morgan fingerprint density at radius 2 is 1.72 bits per heavy atom. The van der Waals surface area contributed by atoms with E-state index in [1.807, 2.05) is 55.5 Å². The molecule has 0 fully saturated rings. The van der Waals surface area contributed by atoms with Crippen LogP contribution in [0, 0.1) is 6.92 Å². The number of carbonyl (C=O) groups excluding carboxylic acids is 1. The van der Waals surface area contributed by atoms with E-state index >= 15 is 0 Å². The number of rotatable bonds is 5. The van der Waals surface area contributed by atoms with Crippen molar-refractivity contribution in [2.45, 2.75) is 13.3 Å². The predicted octanol–water partition coefficient (Wildman–Crippen LogP) is 2.56. The molecule has 0 atom stereocenters. The highest BCUT2D eigenvalue weighted by Gasteiger charge is 2.22. The molecule has 32 heavy (non-hydrogen) atoms. The average Bonchev–Trinajstić information content (AvgIpc) is 3.41. The van der Waals surface area contributed by atoms with Gasteiger partial charge >= 0.3 is 5.97 Å². The minimum Gasteiger partial charge on any atom is -0.497 e. The first-order valence-corrected chi connectivity index (χ1v) is 9.86. The highest BCUT2D eigenvalue weighted by atomic mass is 16.5. The zero-order valence-electron chi connectivity index (χ0n) is 17.7. The molecule has 2 aromatic carbocycles. The molecule has 0 saturated heterocycles. The lowest BCUT2D eigenvalue weighted by molar-refractivity contribution is -0.139. The number of esters is 1. The number of ether oxygens (including phenoxy) is 2. The lowest BCUT2D eigenvalue weighted by Crippen LogP contribution is -2.06. The highest BCUT2D eigenvalue weighted by molar-refractivity contribution is 5.82. The van der Waals surface area contributed by atoms with E-state index in [2.05, 4.69) is 25.4 Å². The van der Waals surface area contributed by atoms with Crippen molar-refractivity contribution in [3.63, 3.8) is 0 Å². The SMILES string of the molecule is COC(=O)Cc1nn(-c2ccc(C)cc2)c2c1nnc1nc(-c3ccc(OC)cc3)nn12. The second-order valence-electron chi connectivity index (χ2n) is 7.19. The molecule has 0 N–H and O–H groups in total. The maximum atomic E-state index is 12.0. The van der Waals surface area contributed by atoms with Gasteiger partial charge in [0.2, 0.25) is 0 Å². The van der Waals surface area contributed by atoms with Crippen LogP contribution in [-0.4, -0.2) is 54.8 Å².